The molecule has 3 nitrogen and oxygen atoms in total. The Labute approximate surface area is 93.9 Å². The van der Waals surface area contributed by atoms with Gasteiger partial charge in [0.25, 0.3) is 5.91 Å². The number of carbonyl (C=O) groups excluding carboxylic acids is 1. The van der Waals surface area contributed by atoms with Crippen molar-refractivity contribution in [3.05, 3.63) is 29.6 Å². The van der Waals surface area contributed by atoms with Crippen LogP contribution in [-0.2, 0) is 0 Å². The Hall–Kier alpha value is -1.03. The largest absolute Gasteiger partial charge is 0.336 e. The van der Waals surface area contributed by atoms with E-state index in [2.05, 4.69) is 4.98 Å². The molecule has 1 aliphatic rings. The molecular weight excluding hydrogens is 208 g/mol. The number of pyridine rings is 1. The summed E-state index contributed by atoms with van der Waals surface area (Å²) in [5.41, 5.74) is 1.47. The first kappa shape index (κ1) is 10.5. The topological polar surface area (TPSA) is 33.2 Å². The second kappa shape index (κ2) is 4.66. The van der Waals surface area contributed by atoms with Gasteiger partial charge in [0.05, 0.1) is 0 Å². The number of aryl methyl sites for hydroxylation is 1. The van der Waals surface area contributed by atoms with Crippen LogP contribution in [0.1, 0.15) is 16.2 Å². The highest BCUT2D eigenvalue weighted by Gasteiger charge is 2.18. The maximum atomic E-state index is 12.0. The zero-order valence-corrected chi connectivity index (χ0v) is 9.59. The predicted molar refractivity (Wildman–Crippen MR) is 62.2 cm³/mol. The summed E-state index contributed by atoms with van der Waals surface area (Å²) < 4.78 is 0. The van der Waals surface area contributed by atoms with Gasteiger partial charge in [-0.05, 0) is 19.1 Å². The van der Waals surface area contributed by atoms with E-state index in [1.54, 1.807) is 6.07 Å². The molecule has 0 radical (unpaired) electrons. The van der Waals surface area contributed by atoms with Crippen LogP contribution in [0.3, 0.4) is 0 Å². The lowest BCUT2D eigenvalue weighted by molar-refractivity contribution is 0.0766. The molecular formula is C11H14N2OS. The molecule has 4 heteroatoms. The van der Waals surface area contributed by atoms with Gasteiger partial charge in [-0.3, -0.25) is 4.79 Å². The summed E-state index contributed by atoms with van der Waals surface area (Å²) >= 11 is 1.90. The molecule has 1 fully saturated rings. The van der Waals surface area contributed by atoms with Crippen LogP contribution in [0.2, 0.25) is 0 Å². The van der Waals surface area contributed by atoms with E-state index in [9.17, 15) is 4.79 Å². The summed E-state index contributed by atoms with van der Waals surface area (Å²) in [5, 5.41) is 0. The third-order valence-electron chi connectivity index (χ3n) is 2.41. The molecule has 0 N–H and O–H groups in total. The Balaban J connectivity index is 2.12. The summed E-state index contributed by atoms with van der Waals surface area (Å²) in [6, 6.07) is 5.58. The molecule has 0 aromatic carbocycles. The molecule has 1 saturated heterocycles. The van der Waals surface area contributed by atoms with Crippen molar-refractivity contribution in [1.82, 2.24) is 9.88 Å². The van der Waals surface area contributed by atoms with E-state index in [-0.39, 0.29) is 5.91 Å². The Bertz CT molecular complexity index is 361. The summed E-state index contributed by atoms with van der Waals surface area (Å²) in [7, 11) is 0. The number of rotatable bonds is 1. The maximum absolute atomic E-state index is 12.0. The van der Waals surface area contributed by atoms with Gasteiger partial charge in [-0.15, -0.1) is 0 Å². The molecule has 0 unspecified atom stereocenters. The van der Waals surface area contributed by atoms with Gasteiger partial charge in [-0.2, -0.15) is 11.8 Å². The van der Waals surface area contributed by atoms with Gasteiger partial charge in [0.1, 0.15) is 5.69 Å². The van der Waals surface area contributed by atoms with Crippen LogP contribution in [0.4, 0.5) is 0 Å². The summed E-state index contributed by atoms with van der Waals surface area (Å²) in [5.74, 6) is 2.15. The van der Waals surface area contributed by atoms with Gasteiger partial charge in [0.15, 0.2) is 0 Å². The van der Waals surface area contributed by atoms with Gasteiger partial charge in [-0.1, -0.05) is 6.07 Å². The lowest BCUT2D eigenvalue weighted by Gasteiger charge is -2.26. The highest BCUT2D eigenvalue weighted by molar-refractivity contribution is 7.99. The summed E-state index contributed by atoms with van der Waals surface area (Å²) in [6.07, 6.45) is 0. The monoisotopic (exact) mass is 222 g/mol. The number of nitrogens with zero attached hydrogens (tertiary/aromatic N) is 2. The van der Waals surface area contributed by atoms with Crippen LogP contribution in [0, 0.1) is 6.92 Å². The van der Waals surface area contributed by atoms with Crippen LogP contribution in [-0.4, -0.2) is 40.4 Å². The third-order valence-corrected chi connectivity index (χ3v) is 3.35. The van der Waals surface area contributed by atoms with E-state index in [1.165, 1.54) is 0 Å². The number of amides is 1. The smallest absolute Gasteiger partial charge is 0.272 e. The van der Waals surface area contributed by atoms with Crippen LogP contribution < -0.4 is 0 Å². The number of hydrogen-bond donors (Lipinski definition) is 0. The van der Waals surface area contributed by atoms with Crippen LogP contribution in [0.5, 0.6) is 0 Å². The highest BCUT2D eigenvalue weighted by Crippen LogP contribution is 2.12. The quantitative estimate of drug-likeness (QED) is 0.723. The molecule has 1 aromatic heterocycles. The average Bonchev–Trinajstić information content (AvgIpc) is 2.29. The average molecular weight is 222 g/mol. The van der Waals surface area contributed by atoms with Gasteiger partial charge in [0.2, 0.25) is 0 Å². The third kappa shape index (κ3) is 2.50. The van der Waals surface area contributed by atoms with Crippen molar-refractivity contribution in [1.29, 1.82) is 0 Å². The summed E-state index contributed by atoms with van der Waals surface area (Å²) in [6.45, 7) is 3.60. The minimum atomic E-state index is 0.0685. The van der Waals surface area contributed by atoms with Gasteiger partial charge in [0, 0.05) is 30.3 Å². The van der Waals surface area contributed by atoms with Crippen LogP contribution in [0.15, 0.2) is 18.2 Å². The number of aromatic nitrogens is 1. The van der Waals surface area contributed by atoms with Crippen molar-refractivity contribution in [2.45, 2.75) is 6.92 Å². The number of hydrogen-bond acceptors (Lipinski definition) is 3. The Morgan fingerprint density at radius 2 is 2.13 bits per heavy atom. The fourth-order valence-corrected chi connectivity index (χ4v) is 2.49. The number of carbonyl (C=O) groups is 1. The standard InChI is InChI=1S/C11H14N2OS/c1-9-3-2-4-10(12-9)11(14)13-5-7-15-8-6-13/h2-4H,5-8H2,1H3. The van der Waals surface area contributed by atoms with E-state index in [0.29, 0.717) is 5.69 Å². The van der Waals surface area contributed by atoms with Gasteiger partial charge < -0.3 is 4.90 Å². The second-order valence-corrected chi connectivity index (χ2v) is 4.79. The fraction of sp³-hybridized carbons (Fsp3) is 0.455. The maximum Gasteiger partial charge on any atom is 0.272 e. The van der Waals surface area contributed by atoms with E-state index >= 15 is 0 Å². The lowest BCUT2D eigenvalue weighted by atomic mass is 10.3. The molecule has 1 amide bonds. The molecule has 1 aromatic rings. The Morgan fingerprint density at radius 3 is 2.80 bits per heavy atom. The molecule has 0 spiro atoms. The normalized spacial score (nSPS) is 16.5. The Kier molecular flexibility index (Phi) is 3.26. The van der Waals surface area contributed by atoms with Crippen molar-refractivity contribution in [2.24, 2.45) is 0 Å². The first-order valence-electron chi connectivity index (χ1n) is 5.08. The Morgan fingerprint density at radius 1 is 1.40 bits per heavy atom. The zero-order valence-electron chi connectivity index (χ0n) is 8.77. The summed E-state index contributed by atoms with van der Waals surface area (Å²) in [4.78, 5) is 18.1. The van der Waals surface area contributed by atoms with Crippen molar-refractivity contribution in [2.75, 3.05) is 24.6 Å². The molecule has 0 atom stereocenters. The predicted octanol–water partition coefficient (Wildman–Crippen LogP) is 1.58. The van der Waals surface area contributed by atoms with Crippen molar-refractivity contribution < 1.29 is 4.79 Å². The van der Waals surface area contributed by atoms with E-state index in [0.717, 1.165) is 30.3 Å². The van der Waals surface area contributed by atoms with E-state index < -0.39 is 0 Å². The second-order valence-electron chi connectivity index (χ2n) is 3.57. The first-order valence-corrected chi connectivity index (χ1v) is 6.23. The van der Waals surface area contributed by atoms with Crippen LogP contribution in [0.25, 0.3) is 0 Å². The molecule has 80 valence electrons. The van der Waals surface area contributed by atoms with Crippen molar-refractivity contribution in [3.8, 4) is 0 Å². The van der Waals surface area contributed by atoms with Crippen molar-refractivity contribution in [3.63, 3.8) is 0 Å². The molecule has 2 heterocycles. The van der Waals surface area contributed by atoms with E-state index in [1.807, 2.05) is 35.7 Å². The molecule has 0 bridgehead atoms. The minimum Gasteiger partial charge on any atom is -0.336 e. The zero-order chi connectivity index (χ0) is 10.7. The molecule has 1 aliphatic heterocycles. The van der Waals surface area contributed by atoms with Gasteiger partial charge >= 0.3 is 0 Å². The SMILES string of the molecule is Cc1cccc(C(=O)N2CCSCC2)n1. The molecule has 15 heavy (non-hydrogen) atoms. The molecule has 0 aliphatic carbocycles. The van der Waals surface area contributed by atoms with E-state index in [4.69, 9.17) is 0 Å². The van der Waals surface area contributed by atoms with Crippen LogP contribution >= 0.6 is 11.8 Å². The number of thioether (sulfide) groups is 1. The fourth-order valence-electron chi connectivity index (χ4n) is 1.59. The minimum absolute atomic E-state index is 0.0685. The molecule has 0 saturated carbocycles. The first-order chi connectivity index (χ1) is 7.27. The molecule has 2 rings (SSSR count). The van der Waals surface area contributed by atoms with Gasteiger partial charge in [-0.25, -0.2) is 4.98 Å². The van der Waals surface area contributed by atoms with Crippen molar-refractivity contribution >= 4 is 17.7 Å². The highest BCUT2D eigenvalue weighted by atomic mass is 32.2. The lowest BCUT2D eigenvalue weighted by Crippen LogP contribution is -2.38.